The molecule has 2 N–H and O–H groups in total. The second-order valence-electron chi connectivity index (χ2n) is 9.43. The first-order valence-electron chi connectivity index (χ1n) is 12.6. The number of halogens is 2. The predicted octanol–water partition coefficient (Wildman–Crippen LogP) is 4.84. The summed E-state index contributed by atoms with van der Waals surface area (Å²) < 4.78 is 46.8. The third-order valence-electron chi connectivity index (χ3n) is 7.28. The van der Waals surface area contributed by atoms with Crippen LogP contribution >= 0.6 is 0 Å². The highest BCUT2D eigenvalue weighted by molar-refractivity contribution is 6.04. The lowest BCUT2D eigenvalue weighted by Crippen LogP contribution is -2.54. The maximum atomic E-state index is 15.5. The molecule has 0 unspecified atom stereocenters. The van der Waals surface area contributed by atoms with Crippen LogP contribution < -0.4 is 25.0 Å². The average Bonchev–Trinajstić information content (AvgIpc) is 2.97. The number of para-hydroxylation sites is 2. The lowest BCUT2D eigenvalue weighted by Gasteiger charge is -2.45. The molecule has 2 aliphatic heterocycles. The third kappa shape index (κ3) is 4.62. The molecule has 3 heterocycles. The molecule has 9 nitrogen and oxygen atoms in total. The molecule has 0 saturated carbocycles. The summed E-state index contributed by atoms with van der Waals surface area (Å²) in [6.45, 7) is 3.97. The van der Waals surface area contributed by atoms with Crippen LogP contribution in [0.1, 0.15) is 24.0 Å². The largest absolute Gasteiger partial charge is 0.493 e. The van der Waals surface area contributed by atoms with Crippen molar-refractivity contribution in [3.05, 3.63) is 78.0 Å². The summed E-state index contributed by atoms with van der Waals surface area (Å²) >= 11 is 0. The summed E-state index contributed by atoms with van der Waals surface area (Å²) in [6.07, 6.45) is 3.39. The number of methoxy groups -OCH3 is 2. The fraction of sp³-hybridized carbons (Fsp3) is 0.276. The van der Waals surface area contributed by atoms with Gasteiger partial charge in [0.25, 0.3) is 0 Å². The molecule has 40 heavy (non-hydrogen) atoms. The lowest BCUT2D eigenvalue weighted by molar-refractivity contribution is -0.128. The van der Waals surface area contributed by atoms with Gasteiger partial charge in [-0.3, -0.25) is 9.59 Å². The van der Waals surface area contributed by atoms with Crippen molar-refractivity contribution < 1.29 is 32.6 Å². The number of hydrogen-bond acceptors (Lipinski definition) is 7. The van der Waals surface area contributed by atoms with Crippen LogP contribution in [0.5, 0.6) is 11.5 Å². The van der Waals surface area contributed by atoms with Crippen LogP contribution in [0.15, 0.2) is 55.3 Å². The van der Waals surface area contributed by atoms with E-state index in [1.54, 1.807) is 36.5 Å². The molecule has 5 rings (SSSR count). The Morgan fingerprint density at radius 1 is 1.10 bits per heavy atom. The zero-order valence-corrected chi connectivity index (χ0v) is 22.1. The predicted molar refractivity (Wildman–Crippen MR) is 145 cm³/mol. The van der Waals surface area contributed by atoms with E-state index >= 15 is 8.78 Å². The standard InChI is InChI=1S/C29H28F2N4O5/c1-4-24(36)34-20-8-6-5-7-19(20)33-23-13-18-17(15-32-23)16-35(28(37)29(18)9-11-40-12-10-29)27-25(30)21(38-2)14-22(39-3)26(27)31/h4-8,13-15H,1,9-12,16H2,2-3H3,(H,32,33)(H,34,36). The summed E-state index contributed by atoms with van der Waals surface area (Å²) in [7, 11) is 2.51. The maximum Gasteiger partial charge on any atom is 0.247 e. The van der Waals surface area contributed by atoms with Crippen LogP contribution in [-0.4, -0.2) is 44.2 Å². The van der Waals surface area contributed by atoms with Gasteiger partial charge in [-0.15, -0.1) is 0 Å². The zero-order chi connectivity index (χ0) is 28.4. The molecule has 0 atom stereocenters. The van der Waals surface area contributed by atoms with E-state index in [1.807, 2.05) is 0 Å². The number of hydrogen-bond donors (Lipinski definition) is 2. The number of amides is 2. The monoisotopic (exact) mass is 550 g/mol. The number of nitrogens with zero attached hydrogens (tertiary/aromatic N) is 2. The number of fused-ring (bicyclic) bond motifs is 2. The number of carbonyl (C=O) groups is 2. The van der Waals surface area contributed by atoms with Gasteiger partial charge in [0.05, 0.1) is 37.6 Å². The smallest absolute Gasteiger partial charge is 0.247 e. The first kappa shape index (κ1) is 27.1. The molecular weight excluding hydrogens is 522 g/mol. The second kappa shape index (κ2) is 10.9. The molecule has 2 aliphatic rings. The van der Waals surface area contributed by atoms with Crippen molar-refractivity contribution in [1.82, 2.24) is 4.98 Å². The van der Waals surface area contributed by atoms with Crippen molar-refractivity contribution in [2.24, 2.45) is 0 Å². The number of ether oxygens (including phenoxy) is 3. The molecule has 3 aromatic rings. The number of carbonyl (C=O) groups excluding carboxylic acids is 2. The zero-order valence-electron chi connectivity index (χ0n) is 22.1. The van der Waals surface area contributed by atoms with Crippen LogP contribution in [0.2, 0.25) is 0 Å². The van der Waals surface area contributed by atoms with E-state index in [0.29, 0.717) is 54.4 Å². The van der Waals surface area contributed by atoms with Gasteiger partial charge in [0.15, 0.2) is 23.1 Å². The van der Waals surface area contributed by atoms with Crippen molar-refractivity contribution in [2.75, 3.05) is 43.0 Å². The van der Waals surface area contributed by atoms with Gasteiger partial charge in [-0.25, -0.2) is 13.8 Å². The SMILES string of the molecule is C=CC(=O)Nc1ccccc1Nc1cc2c(cn1)CN(c1c(F)c(OC)cc(OC)c1F)C(=O)C21CCOCC1. The van der Waals surface area contributed by atoms with Gasteiger partial charge < -0.3 is 29.7 Å². The highest BCUT2D eigenvalue weighted by Gasteiger charge is 2.50. The molecule has 0 aliphatic carbocycles. The Kier molecular flexibility index (Phi) is 7.40. The molecule has 1 spiro atoms. The Morgan fingerprint density at radius 2 is 1.75 bits per heavy atom. The Bertz CT molecular complexity index is 1460. The minimum atomic E-state index is -1.10. The third-order valence-corrected chi connectivity index (χ3v) is 7.28. The average molecular weight is 551 g/mol. The quantitative estimate of drug-likeness (QED) is 0.406. The summed E-state index contributed by atoms with van der Waals surface area (Å²) in [5.74, 6) is -2.86. The van der Waals surface area contributed by atoms with Gasteiger partial charge in [0, 0.05) is 25.5 Å². The molecule has 1 saturated heterocycles. The van der Waals surface area contributed by atoms with Crippen molar-refractivity contribution in [3.63, 3.8) is 0 Å². The van der Waals surface area contributed by atoms with Gasteiger partial charge >= 0.3 is 0 Å². The number of benzene rings is 2. The molecule has 1 fully saturated rings. The number of nitrogens with one attached hydrogen (secondary N) is 2. The van der Waals surface area contributed by atoms with Gasteiger partial charge in [-0.05, 0) is 48.2 Å². The summed E-state index contributed by atoms with van der Waals surface area (Å²) in [6, 6.07) is 9.97. The van der Waals surface area contributed by atoms with E-state index in [9.17, 15) is 9.59 Å². The fourth-order valence-corrected chi connectivity index (χ4v) is 5.26. The van der Waals surface area contributed by atoms with Gasteiger partial charge in [-0.2, -0.15) is 0 Å². The summed E-state index contributed by atoms with van der Waals surface area (Å²) in [5.41, 5.74) is 0.817. The van der Waals surface area contributed by atoms with Crippen LogP contribution in [-0.2, 0) is 26.3 Å². The molecule has 0 bridgehead atoms. The van der Waals surface area contributed by atoms with Gasteiger partial charge in [0.2, 0.25) is 11.8 Å². The van der Waals surface area contributed by atoms with Crippen molar-refractivity contribution in [1.29, 1.82) is 0 Å². The molecule has 11 heteroatoms. The lowest BCUT2D eigenvalue weighted by atomic mass is 9.69. The minimum absolute atomic E-state index is 0.111. The Morgan fingerprint density at radius 3 is 2.38 bits per heavy atom. The van der Waals surface area contributed by atoms with Crippen LogP contribution in [0.4, 0.5) is 31.7 Å². The first-order chi connectivity index (χ1) is 19.3. The number of rotatable bonds is 7. The molecule has 2 amide bonds. The van der Waals surface area contributed by atoms with E-state index in [2.05, 4.69) is 22.2 Å². The highest BCUT2D eigenvalue weighted by atomic mass is 19.1. The first-order valence-corrected chi connectivity index (χ1v) is 12.6. The Hall–Kier alpha value is -4.51. The molecule has 2 aromatic carbocycles. The maximum absolute atomic E-state index is 15.5. The summed E-state index contributed by atoms with van der Waals surface area (Å²) in [5, 5.41) is 5.95. The highest BCUT2D eigenvalue weighted by Crippen LogP contribution is 2.47. The molecule has 208 valence electrons. The fourth-order valence-electron chi connectivity index (χ4n) is 5.26. The van der Waals surface area contributed by atoms with Crippen molar-refractivity contribution >= 4 is 34.7 Å². The number of anilines is 4. The van der Waals surface area contributed by atoms with E-state index < -0.39 is 28.6 Å². The van der Waals surface area contributed by atoms with Crippen LogP contribution in [0.25, 0.3) is 0 Å². The molecule has 0 radical (unpaired) electrons. The van der Waals surface area contributed by atoms with Crippen LogP contribution in [0, 0.1) is 11.6 Å². The van der Waals surface area contributed by atoms with E-state index in [0.717, 1.165) is 11.0 Å². The molecular formula is C29H28F2N4O5. The Balaban J connectivity index is 1.59. The van der Waals surface area contributed by atoms with Gasteiger partial charge in [0.1, 0.15) is 11.5 Å². The van der Waals surface area contributed by atoms with E-state index in [-0.39, 0.29) is 24.0 Å². The number of pyridine rings is 1. The second-order valence-corrected chi connectivity index (χ2v) is 9.43. The van der Waals surface area contributed by atoms with E-state index in [1.165, 1.54) is 20.3 Å². The van der Waals surface area contributed by atoms with Crippen LogP contribution in [0.3, 0.4) is 0 Å². The Labute approximate surface area is 229 Å². The normalized spacial score (nSPS) is 15.8. The van der Waals surface area contributed by atoms with Crippen molar-refractivity contribution in [3.8, 4) is 11.5 Å². The molecule has 1 aromatic heterocycles. The topological polar surface area (TPSA) is 102 Å². The minimum Gasteiger partial charge on any atom is -0.493 e. The summed E-state index contributed by atoms with van der Waals surface area (Å²) in [4.78, 5) is 31.7. The van der Waals surface area contributed by atoms with E-state index in [4.69, 9.17) is 14.2 Å². The van der Waals surface area contributed by atoms with Gasteiger partial charge in [-0.1, -0.05) is 18.7 Å². The van der Waals surface area contributed by atoms with Crippen molar-refractivity contribution in [2.45, 2.75) is 24.8 Å². The number of aromatic nitrogens is 1.